The number of likely N-dealkylation sites (tertiary alicyclic amines) is 1. The smallest absolute Gasteiger partial charge is 0.401 e. The number of hydrogen-bond acceptors (Lipinski definition) is 3. The van der Waals surface area contributed by atoms with E-state index in [9.17, 15) is 22.8 Å². The number of hydrogen-bond donors (Lipinski definition) is 2. The Morgan fingerprint density at radius 3 is 2.58 bits per heavy atom. The third-order valence-corrected chi connectivity index (χ3v) is 3.07. The molecule has 1 saturated heterocycles. The number of carbonyl (C=O) groups is 2. The van der Waals surface area contributed by atoms with E-state index in [1.165, 1.54) is 0 Å². The van der Waals surface area contributed by atoms with Gasteiger partial charge in [0.2, 0.25) is 5.91 Å². The van der Waals surface area contributed by atoms with Gasteiger partial charge in [0.25, 0.3) is 0 Å². The van der Waals surface area contributed by atoms with Crippen molar-refractivity contribution < 1.29 is 27.9 Å². The van der Waals surface area contributed by atoms with Crippen LogP contribution in [0.1, 0.15) is 19.8 Å². The van der Waals surface area contributed by atoms with E-state index in [-0.39, 0.29) is 12.5 Å². The van der Waals surface area contributed by atoms with Crippen LogP contribution < -0.4 is 5.32 Å². The number of amides is 1. The van der Waals surface area contributed by atoms with Crippen molar-refractivity contribution in [3.05, 3.63) is 0 Å². The average Bonchev–Trinajstić information content (AvgIpc) is 2.26. The van der Waals surface area contributed by atoms with Crippen LogP contribution in [0.25, 0.3) is 0 Å². The summed E-state index contributed by atoms with van der Waals surface area (Å²) < 4.78 is 35.8. The second-order valence-electron chi connectivity index (χ2n) is 4.79. The number of carbonyl (C=O) groups excluding carboxylic acids is 1. The first kappa shape index (κ1) is 15.7. The lowest BCUT2D eigenvalue weighted by Gasteiger charge is -2.36. The number of carboxylic acids is 1. The van der Waals surface area contributed by atoms with E-state index in [2.05, 4.69) is 0 Å². The number of piperidine rings is 1. The van der Waals surface area contributed by atoms with Crippen LogP contribution in [0, 0.1) is 5.92 Å². The minimum absolute atomic E-state index is 0.188. The molecule has 2 unspecified atom stereocenters. The highest BCUT2D eigenvalue weighted by molar-refractivity contribution is 5.85. The number of nitrogens with one attached hydrogen (secondary N) is 1. The Hall–Kier alpha value is -1.31. The lowest BCUT2D eigenvalue weighted by molar-refractivity contribution is -0.153. The summed E-state index contributed by atoms with van der Waals surface area (Å²) >= 11 is 0. The maximum Gasteiger partial charge on any atom is 0.401 e. The normalized spacial score (nSPS) is 24.3. The molecule has 1 heterocycles. The lowest BCUT2D eigenvalue weighted by Crippen LogP contribution is -2.52. The standard InChI is InChI=1S/C11H17F3N2O3/c1-7-2-3-16(8(4-7)10(18)19)9(17)5-15-6-11(12,13)14/h7-8,15H,2-6H2,1H3,(H,18,19). The summed E-state index contributed by atoms with van der Waals surface area (Å²) in [5.41, 5.74) is 0. The molecule has 1 amide bonds. The van der Waals surface area contributed by atoms with Gasteiger partial charge in [-0.05, 0) is 18.8 Å². The van der Waals surface area contributed by atoms with E-state index in [1.807, 2.05) is 12.2 Å². The Balaban J connectivity index is 2.52. The number of alkyl halides is 3. The average molecular weight is 282 g/mol. The predicted octanol–water partition coefficient (Wildman–Crippen LogP) is 0.850. The summed E-state index contributed by atoms with van der Waals surface area (Å²) in [7, 11) is 0. The van der Waals surface area contributed by atoms with Crippen molar-refractivity contribution in [1.29, 1.82) is 0 Å². The fourth-order valence-electron chi connectivity index (χ4n) is 2.09. The highest BCUT2D eigenvalue weighted by Crippen LogP contribution is 2.22. The van der Waals surface area contributed by atoms with E-state index in [0.717, 1.165) is 4.90 Å². The van der Waals surface area contributed by atoms with Gasteiger partial charge >= 0.3 is 12.1 Å². The van der Waals surface area contributed by atoms with Crippen molar-refractivity contribution in [1.82, 2.24) is 10.2 Å². The first-order chi connectivity index (χ1) is 8.70. The van der Waals surface area contributed by atoms with Gasteiger partial charge in [-0.25, -0.2) is 4.79 Å². The fourth-order valence-corrected chi connectivity index (χ4v) is 2.09. The van der Waals surface area contributed by atoms with E-state index in [1.54, 1.807) is 0 Å². The number of rotatable bonds is 4. The number of halogens is 3. The molecular weight excluding hydrogens is 265 g/mol. The Morgan fingerprint density at radius 1 is 1.42 bits per heavy atom. The van der Waals surface area contributed by atoms with E-state index < -0.39 is 37.2 Å². The molecule has 0 aromatic rings. The molecule has 1 aliphatic rings. The van der Waals surface area contributed by atoms with Crippen LogP contribution in [-0.2, 0) is 9.59 Å². The van der Waals surface area contributed by atoms with Crippen molar-refractivity contribution in [2.75, 3.05) is 19.6 Å². The summed E-state index contributed by atoms with van der Waals surface area (Å²) in [6.07, 6.45) is -3.39. The van der Waals surface area contributed by atoms with Gasteiger partial charge in [0.05, 0.1) is 13.1 Å². The number of aliphatic carboxylic acids is 1. The Labute approximate surface area is 108 Å². The van der Waals surface area contributed by atoms with Gasteiger partial charge in [0.1, 0.15) is 6.04 Å². The van der Waals surface area contributed by atoms with Crippen LogP contribution in [0.3, 0.4) is 0 Å². The van der Waals surface area contributed by atoms with Crippen LogP contribution in [-0.4, -0.2) is 53.7 Å². The van der Waals surface area contributed by atoms with Crippen molar-refractivity contribution >= 4 is 11.9 Å². The monoisotopic (exact) mass is 282 g/mol. The molecule has 2 atom stereocenters. The molecule has 1 rings (SSSR count). The zero-order chi connectivity index (χ0) is 14.6. The highest BCUT2D eigenvalue weighted by atomic mass is 19.4. The van der Waals surface area contributed by atoms with E-state index in [0.29, 0.717) is 12.8 Å². The Kier molecular flexibility index (Phi) is 5.16. The van der Waals surface area contributed by atoms with Crippen LogP contribution in [0.2, 0.25) is 0 Å². The molecule has 19 heavy (non-hydrogen) atoms. The van der Waals surface area contributed by atoms with Crippen molar-refractivity contribution in [2.24, 2.45) is 5.92 Å². The summed E-state index contributed by atoms with van der Waals surface area (Å²) in [5.74, 6) is -1.53. The third-order valence-electron chi connectivity index (χ3n) is 3.07. The van der Waals surface area contributed by atoms with Gasteiger partial charge in [0, 0.05) is 6.54 Å². The topological polar surface area (TPSA) is 69.6 Å². The van der Waals surface area contributed by atoms with Gasteiger partial charge in [-0.3, -0.25) is 4.79 Å². The van der Waals surface area contributed by atoms with Gasteiger partial charge in [0.15, 0.2) is 0 Å². The zero-order valence-electron chi connectivity index (χ0n) is 10.5. The summed E-state index contributed by atoms with van der Waals surface area (Å²) in [5, 5.41) is 11.0. The molecule has 0 spiro atoms. The molecule has 5 nitrogen and oxygen atoms in total. The Morgan fingerprint density at radius 2 is 2.05 bits per heavy atom. The molecular formula is C11H17F3N2O3. The molecule has 2 N–H and O–H groups in total. The first-order valence-corrected chi connectivity index (χ1v) is 6.00. The lowest BCUT2D eigenvalue weighted by atomic mass is 9.92. The van der Waals surface area contributed by atoms with Crippen LogP contribution in [0.15, 0.2) is 0 Å². The fraction of sp³-hybridized carbons (Fsp3) is 0.818. The van der Waals surface area contributed by atoms with Crippen LogP contribution >= 0.6 is 0 Å². The first-order valence-electron chi connectivity index (χ1n) is 6.00. The maximum absolute atomic E-state index is 11.9. The predicted molar refractivity (Wildman–Crippen MR) is 60.5 cm³/mol. The highest BCUT2D eigenvalue weighted by Gasteiger charge is 2.35. The molecule has 0 aliphatic carbocycles. The number of nitrogens with zero attached hydrogens (tertiary/aromatic N) is 1. The molecule has 0 radical (unpaired) electrons. The largest absolute Gasteiger partial charge is 0.480 e. The van der Waals surface area contributed by atoms with Crippen molar-refractivity contribution in [3.63, 3.8) is 0 Å². The maximum atomic E-state index is 11.9. The molecule has 8 heteroatoms. The molecule has 0 saturated carbocycles. The Bertz CT molecular complexity index is 347. The SMILES string of the molecule is CC1CCN(C(=O)CNCC(F)(F)F)C(C(=O)O)C1. The van der Waals surface area contributed by atoms with E-state index >= 15 is 0 Å². The van der Waals surface area contributed by atoms with Crippen molar-refractivity contribution in [2.45, 2.75) is 32.0 Å². The minimum Gasteiger partial charge on any atom is -0.480 e. The van der Waals surface area contributed by atoms with Gasteiger partial charge in [-0.15, -0.1) is 0 Å². The van der Waals surface area contributed by atoms with E-state index in [4.69, 9.17) is 5.11 Å². The molecule has 0 bridgehead atoms. The summed E-state index contributed by atoms with van der Waals surface area (Å²) in [6, 6.07) is -0.941. The minimum atomic E-state index is -4.39. The molecule has 110 valence electrons. The van der Waals surface area contributed by atoms with Gasteiger partial charge in [-0.1, -0.05) is 6.92 Å². The third kappa shape index (κ3) is 5.06. The molecule has 0 aromatic carbocycles. The molecule has 1 fully saturated rings. The van der Waals surface area contributed by atoms with Crippen LogP contribution in [0.4, 0.5) is 13.2 Å². The van der Waals surface area contributed by atoms with Crippen molar-refractivity contribution in [3.8, 4) is 0 Å². The summed E-state index contributed by atoms with van der Waals surface area (Å²) in [4.78, 5) is 23.9. The zero-order valence-corrected chi connectivity index (χ0v) is 10.5. The van der Waals surface area contributed by atoms with Gasteiger partial charge in [-0.2, -0.15) is 13.2 Å². The number of carboxylic acid groups (broad SMARTS) is 1. The quantitative estimate of drug-likeness (QED) is 0.802. The summed E-state index contributed by atoms with van der Waals surface area (Å²) in [6.45, 7) is 0.392. The molecule has 1 aliphatic heterocycles. The van der Waals surface area contributed by atoms with Crippen LogP contribution in [0.5, 0.6) is 0 Å². The molecule has 0 aromatic heterocycles. The second kappa shape index (κ2) is 6.23. The van der Waals surface area contributed by atoms with Gasteiger partial charge < -0.3 is 15.3 Å². The second-order valence-corrected chi connectivity index (χ2v) is 4.79.